The number of aromatic nitrogens is 2. The number of pyridine rings is 1. The number of benzene rings is 9. The van der Waals surface area contributed by atoms with Gasteiger partial charge in [-0.15, -0.1) is 0 Å². The third kappa shape index (κ3) is 4.48. The van der Waals surface area contributed by atoms with Crippen molar-refractivity contribution in [2.24, 2.45) is 0 Å². The molecular weight excluding hydrogens is 664 g/mol. The van der Waals surface area contributed by atoms with Crippen molar-refractivity contribution in [3.05, 3.63) is 188 Å². The minimum Gasteiger partial charge on any atom is -0.309 e. The van der Waals surface area contributed by atoms with E-state index in [4.69, 9.17) is 4.98 Å². The average Bonchev–Trinajstić information content (AvgIpc) is 3.63. The topological polar surface area (TPSA) is 34.4 Å². The molecule has 0 N–H and O–H groups in total. The lowest BCUT2D eigenvalue weighted by molar-refractivity contribution is 0.592. The van der Waals surface area contributed by atoms with Crippen LogP contribution in [0.4, 0.5) is 0 Å². The molecule has 0 spiro atoms. The van der Waals surface area contributed by atoms with Gasteiger partial charge in [0.2, 0.25) is 0 Å². The van der Waals surface area contributed by atoms with E-state index < -0.39 is 7.14 Å². The maximum Gasteiger partial charge on any atom is 0.171 e. The van der Waals surface area contributed by atoms with E-state index in [-0.39, 0.29) is 0 Å². The summed E-state index contributed by atoms with van der Waals surface area (Å²) >= 11 is 0. The molecule has 9 aromatic carbocycles. The highest BCUT2D eigenvalue weighted by Crippen LogP contribution is 2.44. The smallest absolute Gasteiger partial charge is 0.171 e. The molecule has 53 heavy (non-hydrogen) atoms. The van der Waals surface area contributed by atoms with Crippen LogP contribution in [0.15, 0.2) is 188 Å². The molecule has 0 aliphatic heterocycles. The van der Waals surface area contributed by atoms with Gasteiger partial charge in [0.05, 0.1) is 16.6 Å². The van der Waals surface area contributed by atoms with Gasteiger partial charge in [-0.2, -0.15) is 0 Å². The number of imidazole rings is 1. The third-order valence-electron chi connectivity index (χ3n) is 11.0. The van der Waals surface area contributed by atoms with Crippen molar-refractivity contribution < 1.29 is 4.57 Å². The maximum absolute atomic E-state index is 15.1. The molecule has 11 rings (SSSR count). The van der Waals surface area contributed by atoms with Crippen molar-refractivity contribution in [1.82, 2.24) is 9.38 Å². The van der Waals surface area contributed by atoms with Gasteiger partial charge >= 0.3 is 0 Å². The fourth-order valence-electron chi connectivity index (χ4n) is 8.45. The van der Waals surface area contributed by atoms with Crippen LogP contribution in [0.25, 0.3) is 81.8 Å². The minimum atomic E-state index is -3.09. The van der Waals surface area contributed by atoms with Crippen molar-refractivity contribution in [1.29, 1.82) is 0 Å². The second-order valence-electron chi connectivity index (χ2n) is 13.9. The second-order valence-corrected chi connectivity index (χ2v) is 16.7. The molecule has 248 valence electrons. The molecule has 2 aromatic heterocycles. The molecule has 3 nitrogen and oxygen atoms in total. The first kappa shape index (κ1) is 30.1. The fraction of sp³-hybridized carbons (Fsp3) is 0. The minimum absolute atomic E-state index is 0.830. The summed E-state index contributed by atoms with van der Waals surface area (Å²) in [6.07, 6.45) is 0. The van der Waals surface area contributed by atoms with Crippen molar-refractivity contribution in [2.45, 2.75) is 0 Å². The maximum atomic E-state index is 15.1. The third-order valence-corrected chi connectivity index (χ3v) is 14.0. The Bertz CT molecular complexity index is 3270. The van der Waals surface area contributed by atoms with E-state index in [9.17, 15) is 0 Å². The predicted octanol–water partition coefficient (Wildman–Crippen LogP) is 11.6. The van der Waals surface area contributed by atoms with Gasteiger partial charge in [0.25, 0.3) is 0 Å². The summed E-state index contributed by atoms with van der Waals surface area (Å²) in [5, 5.41) is 13.0. The van der Waals surface area contributed by atoms with Crippen LogP contribution in [-0.4, -0.2) is 9.38 Å². The zero-order valence-electron chi connectivity index (χ0n) is 28.6. The zero-order chi connectivity index (χ0) is 35.1. The summed E-state index contributed by atoms with van der Waals surface area (Å²) < 4.78 is 17.5. The molecular formula is C49H31N2OP. The Morgan fingerprint density at radius 1 is 0.434 bits per heavy atom. The molecule has 2 heterocycles. The van der Waals surface area contributed by atoms with E-state index in [0.29, 0.717) is 0 Å². The summed E-state index contributed by atoms with van der Waals surface area (Å²) in [5.74, 6) is 0. The Balaban J connectivity index is 1.17. The van der Waals surface area contributed by atoms with Crippen LogP contribution in [0.1, 0.15) is 0 Å². The molecule has 0 saturated carbocycles. The fourth-order valence-corrected chi connectivity index (χ4v) is 11.1. The van der Waals surface area contributed by atoms with Gasteiger partial charge in [-0.25, -0.2) is 4.98 Å². The Hall–Kier alpha value is -6.54. The molecule has 0 atom stereocenters. The lowest BCUT2D eigenvalue weighted by Gasteiger charge is -2.20. The molecule has 0 aliphatic rings. The van der Waals surface area contributed by atoms with Gasteiger partial charge in [-0.3, -0.25) is 4.40 Å². The molecule has 0 radical (unpaired) electrons. The first-order valence-electron chi connectivity index (χ1n) is 18.0. The largest absolute Gasteiger partial charge is 0.309 e. The van der Waals surface area contributed by atoms with Crippen LogP contribution >= 0.6 is 7.14 Å². The predicted molar refractivity (Wildman–Crippen MR) is 225 cm³/mol. The van der Waals surface area contributed by atoms with Crippen LogP contribution in [0.3, 0.4) is 0 Å². The number of nitrogens with zero attached hydrogens (tertiary/aromatic N) is 2. The molecule has 0 fully saturated rings. The second kappa shape index (κ2) is 11.5. The van der Waals surface area contributed by atoms with Crippen LogP contribution in [0.5, 0.6) is 0 Å². The van der Waals surface area contributed by atoms with Crippen LogP contribution in [0, 0.1) is 0 Å². The molecule has 0 bridgehead atoms. The van der Waals surface area contributed by atoms with Crippen molar-refractivity contribution >= 4 is 93.7 Å². The lowest BCUT2D eigenvalue weighted by atomic mass is 9.97. The van der Waals surface area contributed by atoms with E-state index in [2.05, 4.69) is 132 Å². The zero-order valence-corrected chi connectivity index (χ0v) is 29.5. The molecule has 4 heteroatoms. The molecule has 0 unspecified atom stereocenters. The van der Waals surface area contributed by atoms with Crippen molar-refractivity contribution in [2.75, 3.05) is 0 Å². The summed E-state index contributed by atoms with van der Waals surface area (Å²) in [6, 6.07) is 65.5. The standard InChI is InChI=1S/C49H31N2OP/c52-53(38-15-3-1-4-16-38,39-17-5-2-6-18-39)40-26-24-35-28-37(23-22-36(35)29-40)42-20-11-21-45-48(42)51-46-31-34-14-8-7-13-33(34)30-44(46)43-27-25-32-12-9-10-19-41(32)47(43)49(51)50-45/h1-31H. The van der Waals surface area contributed by atoms with Crippen LogP contribution in [-0.2, 0) is 4.57 Å². The Morgan fingerprint density at radius 3 is 1.83 bits per heavy atom. The summed E-state index contributed by atoms with van der Waals surface area (Å²) in [5.41, 5.74) is 6.38. The SMILES string of the molecule is O=P(c1ccccc1)(c1ccccc1)c1ccc2cc(-c3cccc4nc5c6c7ccccc7ccc6c6cc7ccccc7cc6n5c34)ccc2c1. The molecule has 0 saturated heterocycles. The lowest BCUT2D eigenvalue weighted by Crippen LogP contribution is -2.24. The van der Waals surface area contributed by atoms with Gasteiger partial charge in [0.1, 0.15) is 5.65 Å². The first-order chi connectivity index (χ1) is 26.1. The van der Waals surface area contributed by atoms with Crippen LogP contribution in [0.2, 0.25) is 0 Å². The van der Waals surface area contributed by atoms with E-state index in [0.717, 1.165) is 60.0 Å². The average molecular weight is 695 g/mol. The first-order valence-corrected chi connectivity index (χ1v) is 19.7. The highest BCUT2D eigenvalue weighted by Gasteiger charge is 2.29. The Morgan fingerprint density at radius 2 is 1.06 bits per heavy atom. The normalized spacial score (nSPS) is 12.2. The summed E-state index contributed by atoms with van der Waals surface area (Å²) in [6.45, 7) is 0. The highest BCUT2D eigenvalue weighted by molar-refractivity contribution is 7.85. The molecule has 0 aliphatic carbocycles. The van der Waals surface area contributed by atoms with Crippen LogP contribution < -0.4 is 15.9 Å². The van der Waals surface area contributed by atoms with Gasteiger partial charge < -0.3 is 4.57 Å². The quantitative estimate of drug-likeness (QED) is 0.104. The number of para-hydroxylation sites is 1. The Kier molecular flexibility index (Phi) is 6.53. The van der Waals surface area contributed by atoms with Gasteiger partial charge in [-0.1, -0.05) is 158 Å². The van der Waals surface area contributed by atoms with Gasteiger partial charge in [0, 0.05) is 32.2 Å². The monoisotopic (exact) mass is 694 g/mol. The van der Waals surface area contributed by atoms with E-state index >= 15 is 4.57 Å². The van der Waals surface area contributed by atoms with E-state index in [1.54, 1.807) is 0 Å². The van der Waals surface area contributed by atoms with Crippen molar-refractivity contribution in [3.63, 3.8) is 0 Å². The van der Waals surface area contributed by atoms with E-state index in [1.165, 1.54) is 37.7 Å². The number of hydrogen-bond acceptors (Lipinski definition) is 2. The van der Waals surface area contributed by atoms with Gasteiger partial charge in [0.15, 0.2) is 7.14 Å². The Labute approximate surface area is 305 Å². The molecule has 11 aromatic rings. The summed E-state index contributed by atoms with van der Waals surface area (Å²) in [4.78, 5) is 5.40. The number of hydrogen-bond donors (Lipinski definition) is 0. The van der Waals surface area contributed by atoms with Gasteiger partial charge in [-0.05, 0) is 73.6 Å². The molecule has 0 amide bonds. The van der Waals surface area contributed by atoms with Crippen molar-refractivity contribution in [3.8, 4) is 11.1 Å². The number of fused-ring (bicyclic) bond motifs is 12. The highest BCUT2D eigenvalue weighted by atomic mass is 31.2. The summed E-state index contributed by atoms with van der Waals surface area (Å²) in [7, 11) is -3.09. The number of rotatable bonds is 4. The van der Waals surface area contributed by atoms with E-state index in [1.807, 2.05) is 60.7 Å².